The number of hydrogen-bond acceptors (Lipinski definition) is 2. The maximum absolute atomic E-state index is 13.6. The number of benzene rings is 1. The molecule has 1 aromatic carbocycles. The number of carbonyl (C=O) groups is 1. The van der Waals surface area contributed by atoms with Crippen LogP contribution in [0.25, 0.3) is 10.9 Å². The molecule has 0 unspecified atom stereocenters. The van der Waals surface area contributed by atoms with Crippen molar-refractivity contribution in [1.82, 2.24) is 4.98 Å². The van der Waals surface area contributed by atoms with E-state index in [0.717, 1.165) is 0 Å². The fraction of sp³-hybridized carbons (Fsp3) is 0.167. The summed E-state index contributed by atoms with van der Waals surface area (Å²) >= 11 is 0. The van der Waals surface area contributed by atoms with Gasteiger partial charge in [0.05, 0.1) is 11.1 Å². The molecule has 0 amide bonds. The normalized spacial score (nSPS) is 10.4. The van der Waals surface area contributed by atoms with Crippen molar-refractivity contribution in [3.05, 3.63) is 35.3 Å². The average Bonchev–Trinajstić information content (AvgIpc) is 2.72. The lowest BCUT2D eigenvalue weighted by Crippen LogP contribution is -1.97. The summed E-state index contributed by atoms with van der Waals surface area (Å²) in [5.74, 6) is -1.38. The van der Waals surface area contributed by atoms with Crippen molar-refractivity contribution >= 4 is 16.9 Å². The molecule has 0 aliphatic heterocycles. The molecule has 2 rings (SSSR count). The van der Waals surface area contributed by atoms with Gasteiger partial charge < -0.3 is 10.1 Å². The van der Waals surface area contributed by atoms with E-state index >= 15 is 0 Å². The van der Waals surface area contributed by atoms with Crippen molar-refractivity contribution in [3.8, 4) is 6.07 Å². The van der Waals surface area contributed by atoms with E-state index in [1.807, 2.05) is 6.07 Å². The van der Waals surface area contributed by atoms with Crippen molar-refractivity contribution in [1.29, 1.82) is 5.26 Å². The highest BCUT2D eigenvalue weighted by Gasteiger charge is 2.13. The first-order chi connectivity index (χ1) is 8.13. The number of aliphatic carboxylic acids is 1. The Morgan fingerprint density at radius 2 is 2.29 bits per heavy atom. The number of carboxylic acids is 1. The summed E-state index contributed by atoms with van der Waals surface area (Å²) in [5.41, 5.74) is 1.35. The zero-order valence-electron chi connectivity index (χ0n) is 8.83. The van der Waals surface area contributed by atoms with E-state index in [1.165, 1.54) is 12.1 Å². The summed E-state index contributed by atoms with van der Waals surface area (Å²) in [5, 5.41) is 17.8. The van der Waals surface area contributed by atoms with E-state index in [-0.39, 0.29) is 12.8 Å². The predicted molar refractivity (Wildman–Crippen MR) is 58.9 cm³/mol. The highest BCUT2D eigenvalue weighted by molar-refractivity contribution is 5.88. The molecule has 2 aromatic rings. The second-order valence-electron chi connectivity index (χ2n) is 3.66. The molecule has 0 aliphatic carbocycles. The molecule has 2 N–H and O–H groups in total. The van der Waals surface area contributed by atoms with Crippen molar-refractivity contribution in [2.75, 3.05) is 0 Å². The molecule has 17 heavy (non-hydrogen) atoms. The van der Waals surface area contributed by atoms with Crippen molar-refractivity contribution in [2.45, 2.75) is 12.8 Å². The smallest absolute Gasteiger partial charge is 0.303 e. The largest absolute Gasteiger partial charge is 0.481 e. The fourth-order valence-electron chi connectivity index (χ4n) is 1.80. The molecule has 5 heteroatoms. The number of aryl methyl sites for hydroxylation is 1. The first-order valence-corrected chi connectivity index (χ1v) is 5.04. The number of rotatable bonds is 3. The van der Waals surface area contributed by atoms with Crippen molar-refractivity contribution < 1.29 is 14.3 Å². The monoisotopic (exact) mass is 232 g/mol. The van der Waals surface area contributed by atoms with Gasteiger partial charge in [-0.15, -0.1) is 0 Å². The maximum atomic E-state index is 13.6. The van der Waals surface area contributed by atoms with Gasteiger partial charge in [0.1, 0.15) is 11.9 Å². The Morgan fingerprint density at radius 3 is 2.94 bits per heavy atom. The molecule has 0 bridgehead atoms. The lowest BCUT2D eigenvalue weighted by atomic mass is 10.1. The summed E-state index contributed by atoms with van der Waals surface area (Å²) < 4.78 is 13.6. The molecule has 0 radical (unpaired) electrons. The average molecular weight is 232 g/mol. The van der Waals surface area contributed by atoms with E-state index in [2.05, 4.69) is 4.98 Å². The van der Waals surface area contributed by atoms with Crippen LogP contribution in [0.1, 0.15) is 17.5 Å². The molecule has 0 fully saturated rings. The van der Waals surface area contributed by atoms with Gasteiger partial charge in [0, 0.05) is 18.0 Å². The first-order valence-electron chi connectivity index (χ1n) is 5.04. The van der Waals surface area contributed by atoms with Crippen molar-refractivity contribution in [3.63, 3.8) is 0 Å². The summed E-state index contributed by atoms with van der Waals surface area (Å²) in [6.07, 6.45) is 1.72. The lowest BCUT2D eigenvalue weighted by Gasteiger charge is -1.99. The third-order valence-corrected chi connectivity index (χ3v) is 2.59. The minimum atomic E-state index is -0.934. The molecule has 0 saturated carbocycles. The van der Waals surface area contributed by atoms with Gasteiger partial charge in [-0.25, -0.2) is 4.39 Å². The number of nitrogens with zero attached hydrogens (tertiary/aromatic N) is 1. The molecule has 0 saturated heterocycles. The number of fused-ring (bicyclic) bond motifs is 1. The van der Waals surface area contributed by atoms with Gasteiger partial charge in [0.2, 0.25) is 0 Å². The van der Waals surface area contributed by atoms with Crippen LogP contribution < -0.4 is 0 Å². The Labute approximate surface area is 96.3 Å². The zero-order chi connectivity index (χ0) is 12.4. The van der Waals surface area contributed by atoms with Crippen molar-refractivity contribution in [2.24, 2.45) is 0 Å². The Morgan fingerprint density at radius 1 is 1.53 bits per heavy atom. The summed E-state index contributed by atoms with van der Waals surface area (Å²) in [6, 6.07) is 4.58. The molecule has 1 aromatic heterocycles. The first kappa shape index (κ1) is 11.1. The number of hydrogen-bond donors (Lipinski definition) is 2. The Balaban J connectivity index is 2.52. The summed E-state index contributed by atoms with van der Waals surface area (Å²) in [6.45, 7) is 0. The van der Waals surface area contributed by atoms with Gasteiger partial charge in [-0.3, -0.25) is 4.79 Å². The van der Waals surface area contributed by atoms with Crippen LogP contribution in [-0.4, -0.2) is 16.1 Å². The van der Waals surface area contributed by atoms with Gasteiger partial charge in [-0.2, -0.15) is 5.26 Å². The van der Waals surface area contributed by atoms with Crippen LogP contribution in [0.2, 0.25) is 0 Å². The SMILES string of the molecule is N#Cc1ccc(F)c2c(CCC(=O)O)c[nH]c12. The van der Waals surface area contributed by atoms with E-state index in [9.17, 15) is 9.18 Å². The highest BCUT2D eigenvalue weighted by Crippen LogP contribution is 2.25. The number of aromatic amines is 1. The van der Waals surface area contributed by atoms with Crippen LogP contribution >= 0.6 is 0 Å². The van der Waals surface area contributed by atoms with Gasteiger partial charge in [0.25, 0.3) is 0 Å². The third kappa shape index (κ3) is 1.97. The number of aromatic nitrogens is 1. The Kier molecular flexibility index (Phi) is 2.79. The van der Waals surface area contributed by atoms with Crippen LogP contribution in [0.4, 0.5) is 4.39 Å². The standard InChI is InChI=1S/C12H9FN2O2/c13-9-3-1-7(5-14)12-11(9)8(6-15-12)2-4-10(16)17/h1,3,6,15H,2,4H2,(H,16,17). The van der Waals surface area contributed by atoms with E-state index < -0.39 is 11.8 Å². The van der Waals surface area contributed by atoms with Gasteiger partial charge in [-0.05, 0) is 24.1 Å². The predicted octanol–water partition coefficient (Wildman–Crippen LogP) is 2.20. The molecule has 4 nitrogen and oxygen atoms in total. The molecule has 0 spiro atoms. The lowest BCUT2D eigenvalue weighted by molar-refractivity contribution is -0.136. The summed E-state index contributed by atoms with van der Waals surface area (Å²) in [4.78, 5) is 13.3. The zero-order valence-corrected chi connectivity index (χ0v) is 8.83. The molecule has 1 heterocycles. The molecule has 0 atom stereocenters. The Hall–Kier alpha value is -2.35. The van der Waals surface area contributed by atoms with Crippen LogP contribution in [0, 0.1) is 17.1 Å². The van der Waals surface area contributed by atoms with E-state index in [0.29, 0.717) is 22.0 Å². The van der Waals surface area contributed by atoms with Crippen LogP contribution in [0.5, 0.6) is 0 Å². The van der Waals surface area contributed by atoms with Crippen LogP contribution in [0.15, 0.2) is 18.3 Å². The maximum Gasteiger partial charge on any atom is 0.303 e. The highest BCUT2D eigenvalue weighted by atomic mass is 19.1. The third-order valence-electron chi connectivity index (χ3n) is 2.59. The molecular formula is C12H9FN2O2. The topological polar surface area (TPSA) is 76.9 Å². The number of halogens is 1. The van der Waals surface area contributed by atoms with Gasteiger partial charge in [0.15, 0.2) is 0 Å². The fourth-order valence-corrected chi connectivity index (χ4v) is 1.80. The van der Waals surface area contributed by atoms with E-state index in [1.54, 1.807) is 6.20 Å². The minimum absolute atomic E-state index is 0.0663. The number of carboxylic acid groups (broad SMARTS) is 1. The minimum Gasteiger partial charge on any atom is -0.481 e. The molecule has 86 valence electrons. The van der Waals surface area contributed by atoms with Crippen LogP contribution in [0.3, 0.4) is 0 Å². The Bertz CT molecular complexity index is 625. The second kappa shape index (κ2) is 4.26. The van der Waals surface area contributed by atoms with Gasteiger partial charge >= 0.3 is 5.97 Å². The summed E-state index contributed by atoms with van der Waals surface area (Å²) in [7, 11) is 0. The number of nitrogens with one attached hydrogen (secondary N) is 1. The molecular weight excluding hydrogens is 223 g/mol. The van der Waals surface area contributed by atoms with Crippen LogP contribution in [-0.2, 0) is 11.2 Å². The second-order valence-corrected chi connectivity index (χ2v) is 3.66. The number of H-pyrrole nitrogens is 1. The number of nitriles is 1. The van der Waals surface area contributed by atoms with E-state index in [4.69, 9.17) is 10.4 Å². The van der Waals surface area contributed by atoms with Gasteiger partial charge in [-0.1, -0.05) is 0 Å². The quantitative estimate of drug-likeness (QED) is 0.851. The molecule has 0 aliphatic rings.